The van der Waals surface area contributed by atoms with Crippen molar-refractivity contribution in [3.05, 3.63) is 51.6 Å². The summed E-state index contributed by atoms with van der Waals surface area (Å²) in [6, 6.07) is 2.73. The standard InChI is InChI=1S/C28H32N4O10/c1-10-22(33)14(29)7-17(41-10)42-16-9-28(39,11(2)31-32-27(30)38)8-13-19(16)26(37)21-20(24(13)35)23(34)12-5-4-6-15(40-3)18(12)25(21)36/h4-6,10,14,16-17,22,33,35,37,39H,7-9,29H2,1-3H3,(H3,30,32,38)/b31-11+. The number of phenolic OH excluding ortho intramolecular Hbond substituents is 2. The first-order chi connectivity index (χ1) is 19.8. The number of carbonyl (C=O) groups is 3. The number of carbonyl (C=O) groups excluding carboxylic acids is 3. The number of urea groups is 1. The van der Waals surface area contributed by atoms with Gasteiger partial charge in [0, 0.05) is 42.0 Å². The number of nitrogens with one attached hydrogen (secondary N) is 1. The van der Waals surface area contributed by atoms with Gasteiger partial charge in [-0.15, -0.1) is 0 Å². The van der Waals surface area contributed by atoms with E-state index in [2.05, 4.69) is 5.10 Å². The lowest BCUT2D eigenvalue weighted by atomic mass is 9.72. The Bertz CT molecular complexity index is 1510. The Morgan fingerprint density at radius 2 is 1.86 bits per heavy atom. The number of aliphatic hydroxyl groups excluding tert-OH is 1. The van der Waals surface area contributed by atoms with Gasteiger partial charge in [0.2, 0.25) is 5.78 Å². The van der Waals surface area contributed by atoms with E-state index in [-0.39, 0.29) is 53.0 Å². The number of nitrogens with zero attached hydrogens (tertiary/aromatic N) is 1. The van der Waals surface area contributed by atoms with Gasteiger partial charge in [-0.3, -0.25) is 9.59 Å². The molecule has 14 nitrogen and oxygen atoms in total. The number of amides is 2. The van der Waals surface area contributed by atoms with Crippen molar-refractivity contribution in [2.24, 2.45) is 16.6 Å². The molecule has 2 aromatic rings. The van der Waals surface area contributed by atoms with E-state index >= 15 is 0 Å². The third-order valence-corrected chi connectivity index (χ3v) is 8.15. The number of ether oxygens (including phenoxy) is 3. The molecule has 14 heteroatoms. The molecule has 6 atom stereocenters. The van der Waals surface area contributed by atoms with Crippen molar-refractivity contribution in [1.29, 1.82) is 0 Å². The molecule has 5 rings (SSSR count). The lowest BCUT2D eigenvalue weighted by Gasteiger charge is -2.42. The summed E-state index contributed by atoms with van der Waals surface area (Å²) >= 11 is 0. The van der Waals surface area contributed by atoms with Crippen LogP contribution in [-0.2, 0) is 15.9 Å². The zero-order chi connectivity index (χ0) is 30.7. The van der Waals surface area contributed by atoms with Gasteiger partial charge in [0.1, 0.15) is 22.8 Å². The van der Waals surface area contributed by atoms with Gasteiger partial charge < -0.3 is 46.1 Å². The van der Waals surface area contributed by atoms with Crippen LogP contribution >= 0.6 is 0 Å². The van der Waals surface area contributed by atoms with Crippen LogP contribution < -0.4 is 21.6 Å². The highest BCUT2D eigenvalue weighted by atomic mass is 16.7. The molecule has 0 bridgehead atoms. The molecule has 0 saturated carbocycles. The van der Waals surface area contributed by atoms with Crippen LogP contribution in [0.25, 0.3) is 0 Å². The fourth-order valence-electron chi connectivity index (χ4n) is 5.91. The van der Waals surface area contributed by atoms with E-state index in [0.717, 1.165) is 0 Å². The topological polar surface area (TPSA) is 236 Å². The van der Waals surface area contributed by atoms with E-state index in [1.54, 1.807) is 6.92 Å². The molecule has 6 unspecified atom stereocenters. The Balaban J connectivity index is 1.68. The summed E-state index contributed by atoms with van der Waals surface area (Å²) in [5.74, 6) is -2.61. The predicted octanol–water partition coefficient (Wildman–Crippen LogP) is 0.484. The van der Waals surface area contributed by atoms with Crippen LogP contribution in [0.2, 0.25) is 0 Å². The molecule has 2 amide bonds. The van der Waals surface area contributed by atoms with Crippen molar-refractivity contribution in [3.63, 3.8) is 0 Å². The summed E-state index contributed by atoms with van der Waals surface area (Å²) in [6.45, 7) is 3.02. The molecule has 224 valence electrons. The molecular formula is C28H32N4O10. The highest BCUT2D eigenvalue weighted by Gasteiger charge is 2.49. The largest absolute Gasteiger partial charge is 0.507 e. The number of aromatic hydroxyl groups is 2. The summed E-state index contributed by atoms with van der Waals surface area (Å²) in [7, 11) is 1.33. The maximum atomic E-state index is 13.8. The van der Waals surface area contributed by atoms with Crippen molar-refractivity contribution < 1.29 is 49.0 Å². The van der Waals surface area contributed by atoms with Crippen molar-refractivity contribution in [2.75, 3.05) is 7.11 Å². The number of fused-ring (bicyclic) bond motifs is 3. The Hall–Kier alpha value is -4.08. The van der Waals surface area contributed by atoms with E-state index < -0.39 is 76.5 Å². The number of methoxy groups -OCH3 is 1. The number of benzene rings is 2. The summed E-state index contributed by atoms with van der Waals surface area (Å²) in [4.78, 5) is 38.7. The number of phenols is 2. The molecule has 1 heterocycles. The predicted molar refractivity (Wildman–Crippen MR) is 145 cm³/mol. The van der Waals surface area contributed by atoms with E-state index in [1.807, 2.05) is 5.43 Å². The quantitative estimate of drug-likeness (QED) is 0.124. The van der Waals surface area contributed by atoms with Gasteiger partial charge in [-0.2, -0.15) is 5.10 Å². The molecule has 42 heavy (non-hydrogen) atoms. The molecular weight excluding hydrogens is 552 g/mol. The number of nitrogens with two attached hydrogens (primary N) is 2. The molecule has 0 spiro atoms. The number of hydrazone groups is 1. The Kier molecular flexibility index (Phi) is 7.45. The number of aliphatic hydroxyl groups is 2. The minimum Gasteiger partial charge on any atom is -0.507 e. The van der Waals surface area contributed by atoms with Crippen LogP contribution in [0, 0.1) is 0 Å². The number of rotatable bonds is 5. The first kappa shape index (κ1) is 29.4. The lowest BCUT2D eigenvalue weighted by Crippen LogP contribution is -2.52. The summed E-state index contributed by atoms with van der Waals surface area (Å²) in [5, 5.41) is 48.9. The van der Waals surface area contributed by atoms with E-state index in [4.69, 9.17) is 25.7 Å². The second kappa shape index (κ2) is 10.6. The Morgan fingerprint density at radius 3 is 2.50 bits per heavy atom. The molecule has 0 aromatic heterocycles. The third-order valence-electron chi connectivity index (χ3n) is 8.15. The van der Waals surface area contributed by atoms with Crippen LogP contribution in [-0.4, -0.2) is 81.0 Å². The minimum absolute atomic E-state index is 0.0142. The Morgan fingerprint density at radius 1 is 1.17 bits per heavy atom. The summed E-state index contributed by atoms with van der Waals surface area (Å²) < 4.78 is 17.3. The average Bonchev–Trinajstić information content (AvgIpc) is 2.94. The van der Waals surface area contributed by atoms with Crippen LogP contribution in [0.4, 0.5) is 4.79 Å². The number of hydrogen-bond acceptors (Lipinski definition) is 12. The number of hydrogen-bond donors (Lipinski definition) is 7. The fraction of sp³-hybridized carbons (Fsp3) is 0.429. The highest BCUT2D eigenvalue weighted by Crippen LogP contribution is 2.52. The SMILES string of the molecule is COc1cccc2c1C(=O)c1c(O)c3c(c(O)c1C2=O)CC(O)(/C(C)=N/NC(N)=O)CC3OC1CC(N)C(O)C(C)O1. The Labute approximate surface area is 239 Å². The van der Waals surface area contributed by atoms with Gasteiger partial charge in [0.15, 0.2) is 12.1 Å². The number of primary amides is 1. The third kappa shape index (κ3) is 4.66. The number of ketones is 2. The monoisotopic (exact) mass is 584 g/mol. The van der Waals surface area contributed by atoms with Gasteiger partial charge in [-0.05, 0) is 19.9 Å². The smallest absolute Gasteiger partial charge is 0.332 e. The van der Waals surface area contributed by atoms with Crippen LogP contribution in [0.15, 0.2) is 23.3 Å². The molecule has 0 radical (unpaired) electrons. The minimum atomic E-state index is -1.89. The first-order valence-corrected chi connectivity index (χ1v) is 13.2. The molecule has 2 aromatic carbocycles. The second-order valence-electron chi connectivity index (χ2n) is 10.8. The maximum absolute atomic E-state index is 13.8. The lowest BCUT2D eigenvalue weighted by molar-refractivity contribution is -0.245. The first-order valence-electron chi connectivity index (χ1n) is 13.2. The van der Waals surface area contributed by atoms with E-state index in [1.165, 1.54) is 32.2 Å². The summed E-state index contributed by atoms with van der Waals surface area (Å²) in [6.07, 6.45) is -4.54. The molecule has 3 aliphatic rings. The van der Waals surface area contributed by atoms with E-state index in [9.17, 15) is 34.8 Å². The molecule has 1 saturated heterocycles. The molecule has 9 N–H and O–H groups in total. The van der Waals surface area contributed by atoms with Gasteiger partial charge in [0.25, 0.3) is 0 Å². The summed E-state index contributed by atoms with van der Waals surface area (Å²) in [5.41, 5.74) is 10.3. The van der Waals surface area contributed by atoms with Gasteiger partial charge in [0.05, 0.1) is 47.8 Å². The van der Waals surface area contributed by atoms with Crippen molar-refractivity contribution >= 4 is 23.3 Å². The molecule has 1 fully saturated rings. The van der Waals surface area contributed by atoms with Crippen LogP contribution in [0.3, 0.4) is 0 Å². The maximum Gasteiger partial charge on any atom is 0.332 e. The van der Waals surface area contributed by atoms with Gasteiger partial charge in [-0.25, -0.2) is 10.2 Å². The van der Waals surface area contributed by atoms with Gasteiger partial charge in [-0.1, -0.05) is 12.1 Å². The van der Waals surface area contributed by atoms with Crippen LogP contribution in [0.5, 0.6) is 17.2 Å². The second-order valence-corrected chi connectivity index (χ2v) is 10.8. The van der Waals surface area contributed by atoms with Gasteiger partial charge >= 0.3 is 6.03 Å². The van der Waals surface area contributed by atoms with Crippen molar-refractivity contribution in [1.82, 2.24) is 5.43 Å². The average molecular weight is 585 g/mol. The fourth-order valence-corrected chi connectivity index (χ4v) is 5.91. The van der Waals surface area contributed by atoms with Crippen molar-refractivity contribution in [3.8, 4) is 17.2 Å². The molecule has 1 aliphatic heterocycles. The normalized spacial score (nSPS) is 28.9. The zero-order valence-corrected chi connectivity index (χ0v) is 23.1. The van der Waals surface area contributed by atoms with E-state index in [0.29, 0.717) is 0 Å². The zero-order valence-electron chi connectivity index (χ0n) is 23.1. The highest BCUT2D eigenvalue weighted by molar-refractivity contribution is 6.31. The molecule has 2 aliphatic carbocycles. The van der Waals surface area contributed by atoms with Crippen molar-refractivity contribution in [2.45, 2.75) is 69.4 Å². The van der Waals surface area contributed by atoms with Crippen LogP contribution in [0.1, 0.15) is 75.8 Å².